The molecule has 2 amide bonds. The topological polar surface area (TPSA) is 71.1 Å². The molecule has 1 saturated carbocycles. The molecule has 0 aromatic heterocycles. The number of amides is 2. The second-order valence-corrected chi connectivity index (χ2v) is 9.44. The Morgan fingerprint density at radius 3 is 2.75 bits per heavy atom. The molecule has 3 aliphatic heterocycles. The fourth-order valence-corrected chi connectivity index (χ4v) is 5.59. The van der Waals surface area contributed by atoms with Gasteiger partial charge in [0, 0.05) is 43.5 Å². The number of nitrogens with zero attached hydrogens (tertiary/aromatic N) is 2. The molecule has 1 unspecified atom stereocenters. The van der Waals surface area contributed by atoms with Crippen molar-refractivity contribution in [1.82, 2.24) is 15.1 Å². The molecule has 1 aromatic rings. The first-order valence-corrected chi connectivity index (χ1v) is 12.0. The molecule has 1 N–H and O–H groups in total. The van der Waals surface area contributed by atoms with E-state index in [9.17, 15) is 9.59 Å². The van der Waals surface area contributed by atoms with Gasteiger partial charge in [-0.3, -0.25) is 14.5 Å². The summed E-state index contributed by atoms with van der Waals surface area (Å²) in [7, 11) is 0. The predicted molar refractivity (Wildman–Crippen MR) is 120 cm³/mol. The quantitative estimate of drug-likeness (QED) is 0.738. The highest BCUT2D eigenvalue weighted by molar-refractivity contribution is 6.01. The number of nitrogens with one attached hydrogen (secondary N) is 1. The number of hydrogen-bond acceptors (Lipinski definition) is 5. The van der Waals surface area contributed by atoms with E-state index in [-0.39, 0.29) is 17.9 Å². The van der Waals surface area contributed by atoms with Gasteiger partial charge in [0.1, 0.15) is 17.9 Å². The largest absolute Gasteiger partial charge is 0.489 e. The van der Waals surface area contributed by atoms with E-state index >= 15 is 0 Å². The van der Waals surface area contributed by atoms with Crippen LogP contribution in [0.4, 0.5) is 0 Å². The zero-order chi connectivity index (χ0) is 22.2. The van der Waals surface area contributed by atoms with Gasteiger partial charge in [-0.2, -0.15) is 0 Å². The lowest BCUT2D eigenvalue weighted by molar-refractivity contribution is -0.126. The van der Waals surface area contributed by atoms with Gasteiger partial charge in [0.25, 0.3) is 5.91 Å². The Morgan fingerprint density at radius 2 is 1.97 bits per heavy atom. The number of ether oxygens (including phenoxy) is 2. The average molecular weight is 440 g/mol. The summed E-state index contributed by atoms with van der Waals surface area (Å²) in [5.41, 5.74) is 2.34. The summed E-state index contributed by atoms with van der Waals surface area (Å²) in [6.45, 7) is 9.07. The minimum Gasteiger partial charge on any atom is -0.489 e. The van der Waals surface area contributed by atoms with Crippen LogP contribution in [0.1, 0.15) is 61.4 Å². The lowest BCUT2D eigenvalue weighted by Gasteiger charge is -2.47. The van der Waals surface area contributed by atoms with Crippen molar-refractivity contribution in [2.45, 2.75) is 76.3 Å². The minimum absolute atomic E-state index is 0.0719. The Morgan fingerprint density at radius 1 is 1.16 bits per heavy atom. The van der Waals surface area contributed by atoms with E-state index in [0.717, 1.165) is 49.5 Å². The monoisotopic (exact) mass is 439 g/mol. The third-order valence-electron chi connectivity index (χ3n) is 7.31. The van der Waals surface area contributed by atoms with Gasteiger partial charge in [-0.05, 0) is 62.8 Å². The fourth-order valence-electron chi connectivity index (χ4n) is 5.59. The maximum Gasteiger partial charge on any atom is 0.255 e. The van der Waals surface area contributed by atoms with Crippen LogP contribution < -0.4 is 10.1 Å². The summed E-state index contributed by atoms with van der Waals surface area (Å²) in [6.07, 6.45) is 6.47. The summed E-state index contributed by atoms with van der Waals surface area (Å²) in [5, 5.41) is 2.79. The molecule has 3 atom stereocenters. The number of allylic oxidation sites excluding steroid dienone is 1. The van der Waals surface area contributed by atoms with Crippen molar-refractivity contribution >= 4 is 11.8 Å². The molecule has 5 rings (SSSR count). The first-order valence-electron chi connectivity index (χ1n) is 12.0. The molecule has 0 radical (unpaired) electrons. The molecular formula is C25H33N3O4. The normalized spacial score (nSPS) is 29.0. The Bertz CT molecular complexity index is 910. The van der Waals surface area contributed by atoms with E-state index in [4.69, 9.17) is 9.47 Å². The maximum atomic E-state index is 13.0. The fraction of sp³-hybridized carbons (Fsp3) is 0.600. The molecule has 1 aromatic carbocycles. The van der Waals surface area contributed by atoms with Crippen molar-refractivity contribution in [3.63, 3.8) is 0 Å². The Hall–Kier alpha value is -2.38. The Labute approximate surface area is 189 Å². The van der Waals surface area contributed by atoms with Crippen molar-refractivity contribution in [2.75, 3.05) is 19.7 Å². The molecule has 7 heteroatoms. The van der Waals surface area contributed by atoms with Gasteiger partial charge in [0.15, 0.2) is 0 Å². The van der Waals surface area contributed by atoms with Crippen LogP contribution in [0.25, 0.3) is 0 Å². The molecule has 32 heavy (non-hydrogen) atoms. The molecule has 4 aliphatic rings. The van der Waals surface area contributed by atoms with Crippen molar-refractivity contribution in [3.05, 3.63) is 41.6 Å². The smallest absolute Gasteiger partial charge is 0.255 e. The summed E-state index contributed by atoms with van der Waals surface area (Å²) >= 11 is 0. The van der Waals surface area contributed by atoms with Gasteiger partial charge in [-0.25, -0.2) is 0 Å². The van der Waals surface area contributed by atoms with E-state index in [1.165, 1.54) is 12.8 Å². The lowest BCUT2D eigenvalue weighted by atomic mass is 9.89. The highest BCUT2D eigenvalue weighted by Gasteiger charge is 2.40. The van der Waals surface area contributed by atoms with Gasteiger partial charge >= 0.3 is 0 Å². The number of likely N-dealkylation sites (tertiary alicyclic amines) is 1. The highest BCUT2D eigenvalue weighted by Crippen LogP contribution is 2.34. The summed E-state index contributed by atoms with van der Waals surface area (Å²) in [5.74, 6) is 0.611. The molecule has 0 spiro atoms. The van der Waals surface area contributed by atoms with Crippen LogP contribution in [0.3, 0.4) is 0 Å². The number of hydrogen-bond donors (Lipinski definition) is 1. The summed E-state index contributed by atoms with van der Waals surface area (Å²) < 4.78 is 12.2. The number of carbonyl (C=O) groups is 2. The standard InChI is InChI=1S/C25H33N3O4/c1-3-31-19-14-27(15-19)21-6-4-5-7-23(21)32-18-9-10-20-17(12-18)13-28(25(20)30)22-11-8-16(2)26-24(22)29/h9-10,12,19,21-23H,2-8,11,13-15H2,1H3,(H,26,29)/t21-,22?,23-/m0/s1. The molecule has 3 heterocycles. The van der Waals surface area contributed by atoms with E-state index in [2.05, 4.69) is 16.8 Å². The molecule has 7 nitrogen and oxygen atoms in total. The summed E-state index contributed by atoms with van der Waals surface area (Å²) in [6, 6.07) is 5.76. The van der Waals surface area contributed by atoms with E-state index in [0.29, 0.717) is 37.1 Å². The summed E-state index contributed by atoms with van der Waals surface area (Å²) in [4.78, 5) is 29.6. The van der Waals surface area contributed by atoms with Crippen LogP contribution >= 0.6 is 0 Å². The zero-order valence-corrected chi connectivity index (χ0v) is 18.8. The van der Waals surface area contributed by atoms with Crippen molar-refractivity contribution < 1.29 is 19.1 Å². The highest BCUT2D eigenvalue weighted by atomic mass is 16.5. The second kappa shape index (κ2) is 8.87. The van der Waals surface area contributed by atoms with Crippen molar-refractivity contribution in [2.24, 2.45) is 0 Å². The minimum atomic E-state index is -0.433. The Balaban J connectivity index is 1.26. The van der Waals surface area contributed by atoms with E-state index < -0.39 is 6.04 Å². The van der Waals surface area contributed by atoms with E-state index in [1.54, 1.807) is 4.90 Å². The first-order chi connectivity index (χ1) is 15.5. The molecule has 0 bridgehead atoms. The predicted octanol–water partition coefficient (Wildman–Crippen LogP) is 2.85. The van der Waals surface area contributed by atoms with Crippen molar-refractivity contribution in [1.29, 1.82) is 0 Å². The number of benzene rings is 1. The maximum absolute atomic E-state index is 13.0. The van der Waals surface area contributed by atoms with Gasteiger partial charge in [0.05, 0.1) is 6.10 Å². The van der Waals surface area contributed by atoms with Crippen LogP contribution in [-0.4, -0.2) is 65.6 Å². The SMILES string of the molecule is C=C1CCC(N2Cc3cc(O[C@H]4CCCC[C@@H]4N4CC(OCC)C4)ccc3C2=O)C(=O)N1. The molecule has 3 fully saturated rings. The van der Waals surface area contributed by atoms with Gasteiger partial charge in [0.2, 0.25) is 5.91 Å². The van der Waals surface area contributed by atoms with Gasteiger partial charge < -0.3 is 19.7 Å². The van der Waals surface area contributed by atoms with Crippen molar-refractivity contribution in [3.8, 4) is 5.75 Å². The van der Waals surface area contributed by atoms with Gasteiger partial charge in [-0.1, -0.05) is 13.0 Å². The number of rotatable bonds is 6. The van der Waals surface area contributed by atoms with E-state index in [1.807, 2.05) is 25.1 Å². The molecule has 172 valence electrons. The zero-order valence-electron chi connectivity index (χ0n) is 18.8. The van der Waals surface area contributed by atoms with Crippen LogP contribution in [-0.2, 0) is 16.1 Å². The lowest BCUT2D eigenvalue weighted by Crippen LogP contribution is -2.61. The molecule has 2 saturated heterocycles. The molecular weight excluding hydrogens is 406 g/mol. The average Bonchev–Trinajstić information content (AvgIpc) is 3.07. The second-order valence-electron chi connectivity index (χ2n) is 9.44. The number of piperidine rings is 1. The van der Waals surface area contributed by atoms with Crippen LogP contribution in [0.5, 0.6) is 5.75 Å². The number of fused-ring (bicyclic) bond motifs is 1. The van der Waals surface area contributed by atoms with Crippen LogP contribution in [0, 0.1) is 0 Å². The first kappa shape index (κ1) is 21.5. The molecule has 1 aliphatic carbocycles. The van der Waals surface area contributed by atoms with Gasteiger partial charge in [-0.15, -0.1) is 0 Å². The van der Waals surface area contributed by atoms with Crippen LogP contribution in [0.15, 0.2) is 30.5 Å². The third kappa shape index (κ3) is 4.04. The van der Waals surface area contributed by atoms with Crippen LogP contribution in [0.2, 0.25) is 0 Å². The third-order valence-corrected chi connectivity index (χ3v) is 7.31. The Kier molecular flexibility index (Phi) is 5.95. The number of carbonyl (C=O) groups excluding carboxylic acids is 2.